The summed E-state index contributed by atoms with van der Waals surface area (Å²) in [6.07, 6.45) is 9.02. The van der Waals surface area contributed by atoms with Crippen LogP contribution in [0.4, 0.5) is 0 Å². The fourth-order valence-electron chi connectivity index (χ4n) is 3.20. The number of nitrogens with two attached hydrogens (primary N) is 1. The third-order valence-corrected chi connectivity index (χ3v) is 4.48. The number of allylic oxidation sites excluding steroid dienone is 3. The Labute approximate surface area is 155 Å². The summed E-state index contributed by atoms with van der Waals surface area (Å²) in [4.78, 5) is 4.86. The molecular formula is C21H24BN3O. The summed E-state index contributed by atoms with van der Waals surface area (Å²) >= 11 is 0. The first-order valence-corrected chi connectivity index (χ1v) is 8.77. The summed E-state index contributed by atoms with van der Waals surface area (Å²) in [5.41, 5.74) is 12.4. The van der Waals surface area contributed by atoms with Crippen LogP contribution in [0.1, 0.15) is 24.6 Å². The minimum Gasteiger partial charge on any atom is -0.496 e. The molecule has 3 rings (SSSR count). The predicted octanol–water partition coefficient (Wildman–Crippen LogP) is 3.07. The third kappa shape index (κ3) is 3.73. The lowest BCUT2D eigenvalue weighted by atomic mass is 10.0. The lowest BCUT2D eigenvalue weighted by Gasteiger charge is -2.11. The Morgan fingerprint density at radius 3 is 2.73 bits per heavy atom. The van der Waals surface area contributed by atoms with Gasteiger partial charge in [0.25, 0.3) is 0 Å². The van der Waals surface area contributed by atoms with E-state index >= 15 is 0 Å². The molecule has 1 aromatic carbocycles. The van der Waals surface area contributed by atoms with E-state index in [9.17, 15) is 0 Å². The van der Waals surface area contributed by atoms with Crippen LogP contribution < -0.4 is 10.5 Å². The molecule has 0 radical (unpaired) electrons. The van der Waals surface area contributed by atoms with Crippen molar-refractivity contribution in [2.75, 3.05) is 13.7 Å². The number of aromatic nitrogens is 1. The second-order valence-corrected chi connectivity index (χ2v) is 6.31. The van der Waals surface area contributed by atoms with Gasteiger partial charge in [0.05, 0.1) is 18.5 Å². The number of hydrogen-bond donors (Lipinski definition) is 1. The average Bonchev–Trinajstić information content (AvgIpc) is 3.24. The number of ether oxygens (including phenoxy) is 1. The van der Waals surface area contributed by atoms with Gasteiger partial charge in [-0.05, 0) is 68.1 Å². The summed E-state index contributed by atoms with van der Waals surface area (Å²) in [5.74, 6) is 0.853. The van der Waals surface area contributed by atoms with Gasteiger partial charge in [-0.1, -0.05) is 18.2 Å². The first-order valence-electron chi connectivity index (χ1n) is 8.77. The molecule has 26 heavy (non-hydrogen) atoms. The lowest BCUT2D eigenvalue weighted by Crippen LogP contribution is -2.05. The Hall–Kier alpha value is -2.79. The van der Waals surface area contributed by atoms with E-state index in [1.165, 1.54) is 5.57 Å². The van der Waals surface area contributed by atoms with Crippen LogP contribution in [0.5, 0.6) is 5.75 Å². The molecule has 0 fully saturated rings. The molecule has 1 aliphatic rings. The van der Waals surface area contributed by atoms with Gasteiger partial charge >= 0.3 is 0 Å². The van der Waals surface area contributed by atoms with Gasteiger partial charge in [-0.3, -0.25) is 0 Å². The molecule has 0 atom stereocenters. The normalized spacial score (nSPS) is 16.0. The second kappa shape index (κ2) is 8.06. The highest BCUT2D eigenvalue weighted by Crippen LogP contribution is 2.31. The van der Waals surface area contributed by atoms with E-state index in [2.05, 4.69) is 23.5 Å². The Bertz CT molecular complexity index is 919. The van der Waals surface area contributed by atoms with Crippen molar-refractivity contribution < 1.29 is 4.74 Å². The zero-order chi connectivity index (χ0) is 18.5. The van der Waals surface area contributed by atoms with Crippen LogP contribution in [0.3, 0.4) is 0 Å². The summed E-state index contributed by atoms with van der Waals surface area (Å²) in [6, 6.07) is 12.1. The van der Waals surface area contributed by atoms with Crippen molar-refractivity contribution in [2.24, 2.45) is 10.7 Å². The Kier molecular flexibility index (Phi) is 5.59. The van der Waals surface area contributed by atoms with E-state index in [0.717, 1.165) is 40.4 Å². The summed E-state index contributed by atoms with van der Waals surface area (Å²) in [7, 11) is 3.73. The third-order valence-electron chi connectivity index (χ3n) is 4.48. The zero-order valence-electron chi connectivity index (χ0n) is 15.6. The van der Waals surface area contributed by atoms with Crippen molar-refractivity contribution in [3.05, 3.63) is 77.3 Å². The predicted molar refractivity (Wildman–Crippen MR) is 112 cm³/mol. The summed E-state index contributed by atoms with van der Waals surface area (Å²) in [6.45, 7) is 2.70. The molecule has 4 nitrogen and oxygen atoms in total. The number of aliphatic imine (C=N–C) groups is 1. The van der Waals surface area contributed by atoms with Crippen molar-refractivity contribution in [3.63, 3.8) is 0 Å². The molecule has 0 saturated heterocycles. The Morgan fingerprint density at radius 1 is 1.23 bits per heavy atom. The first kappa shape index (κ1) is 18.0. The zero-order valence-corrected chi connectivity index (χ0v) is 15.6. The number of nitrogens with zero attached hydrogens (tertiary/aromatic N) is 2. The number of hydrogen-bond acceptors (Lipinski definition) is 3. The molecule has 5 heteroatoms. The molecule has 132 valence electrons. The number of rotatable bonds is 6. The topological polar surface area (TPSA) is 52.5 Å². The summed E-state index contributed by atoms with van der Waals surface area (Å²) in [5, 5.41) is 0. The SMILES string of the molecule is Bn1cccc1/C(CCN)=C1N=C(/C=C/c2ccccc2OC)C=C\1C. The van der Waals surface area contributed by atoms with Gasteiger partial charge in [0, 0.05) is 16.8 Å². The minimum atomic E-state index is 0.596. The standard InChI is InChI=1S/C21H24BN3O/c1-15-14-17(10-9-16-6-3-4-8-20(16)26-2)24-21(15)18(11-12-23)19-7-5-13-25(19)22/h3-10,13-14H,11-12,22-23H2,1-2H3/b10-9+,21-18-. The van der Waals surface area contributed by atoms with E-state index < -0.39 is 0 Å². The number of methoxy groups -OCH3 is 1. The molecule has 0 aliphatic carbocycles. The van der Waals surface area contributed by atoms with Gasteiger partial charge in [-0.2, -0.15) is 0 Å². The molecule has 2 N–H and O–H groups in total. The largest absolute Gasteiger partial charge is 0.496 e. The Balaban J connectivity index is 1.96. The van der Waals surface area contributed by atoms with Gasteiger partial charge in [0.15, 0.2) is 0 Å². The van der Waals surface area contributed by atoms with E-state index in [1.807, 2.05) is 56.7 Å². The lowest BCUT2D eigenvalue weighted by molar-refractivity contribution is 0.414. The van der Waals surface area contributed by atoms with E-state index in [4.69, 9.17) is 15.5 Å². The number of para-hydroxylation sites is 1. The molecule has 1 aromatic heterocycles. The number of benzene rings is 1. The highest BCUT2D eigenvalue weighted by Gasteiger charge is 2.16. The molecule has 2 aromatic rings. The molecule has 0 unspecified atom stereocenters. The van der Waals surface area contributed by atoms with E-state index in [-0.39, 0.29) is 0 Å². The van der Waals surface area contributed by atoms with Gasteiger partial charge in [-0.15, -0.1) is 0 Å². The van der Waals surface area contributed by atoms with Crippen molar-refractivity contribution in [3.8, 4) is 5.75 Å². The molecule has 0 saturated carbocycles. The fraction of sp³-hybridized carbons (Fsp3) is 0.190. The second-order valence-electron chi connectivity index (χ2n) is 6.31. The van der Waals surface area contributed by atoms with Crippen LogP contribution in [0.2, 0.25) is 0 Å². The smallest absolute Gasteiger partial charge is 0.223 e. The van der Waals surface area contributed by atoms with Crippen molar-refractivity contribution >= 4 is 25.3 Å². The monoisotopic (exact) mass is 345 g/mol. The quantitative estimate of drug-likeness (QED) is 0.818. The van der Waals surface area contributed by atoms with Gasteiger partial charge in [0.1, 0.15) is 5.75 Å². The highest BCUT2D eigenvalue weighted by atomic mass is 16.5. The van der Waals surface area contributed by atoms with Crippen LogP contribution in [0.15, 0.2) is 71.0 Å². The fourth-order valence-corrected chi connectivity index (χ4v) is 3.20. The maximum atomic E-state index is 5.86. The molecular weight excluding hydrogens is 321 g/mol. The van der Waals surface area contributed by atoms with Gasteiger partial charge in [-0.25, -0.2) is 4.99 Å². The van der Waals surface area contributed by atoms with Crippen LogP contribution in [-0.2, 0) is 0 Å². The van der Waals surface area contributed by atoms with Crippen molar-refractivity contribution in [1.82, 2.24) is 4.48 Å². The molecule has 1 aliphatic heterocycles. The van der Waals surface area contributed by atoms with Crippen LogP contribution in [0.25, 0.3) is 11.6 Å². The van der Waals surface area contributed by atoms with Crippen LogP contribution in [-0.4, -0.2) is 31.8 Å². The highest BCUT2D eigenvalue weighted by molar-refractivity contribution is 6.11. The molecule has 0 spiro atoms. The van der Waals surface area contributed by atoms with Gasteiger partial charge < -0.3 is 14.9 Å². The molecule has 0 bridgehead atoms. The first-order chi connectivity index (χ1) is 12.6. The van der Waals surface area contributed by atoms with Crippen LogP contribution in [0, 0.1) is 0 Å². The van der Waals surface area contributed by atoms with Gasteiger partial charge in [0.2, 0.25) is 7.98 Å². The molecule has 2 heterocycles. The van der Waals surface area contributed by atoms with Crippen molar-refractivity contribution in [2.45, 2.75) is 13.3 Å². The van der Waals surface area contributed by atoms with Crippen molar-refractivity contribution in [1.29, 1.82) is 0 Å². The average molecular weight is 345 g/mol. The van der Waals surface area contributed by atoms with E-state index in [1.54, 1.807) is 7.11 Å². The molecule has 0 amide bonds. The maximum absolute atomic E-state index is 5.86. The van der Waals surface area contributed by atoms with Crippen LogP contribution >= 0.6 is 0 Å². The Morgan fingerprint density at radius 2 is 2.04 bits per heavy atom. The van der Waals surface area contributed by atoms with E-state index in [0.29, 0.717) is 6.54 Å². The minimum absolute atomic E-state index is 0.596. The maximum Gasteiger partial charge on any atom is 0.223 e. The summed E-state index contributed by atoms with van der Waals surface area (Å²) < 4.78 is 7.52.